The number of aromatic hydroxyl groups is 1. The summed E-state index contributed by atoms with van der Waals surface area (Å²) < 4.78 is 22.6. The molecule has 20 heavy (non-hydrogen) atoms. The normalized spacial score (nSPS) is 18.6. The minimum Gasteiger partial charge on any atom is -0.506 e. The van der Waals surface area contributed by atoms with Crippen molar-refractivity contribution < 1.29 is 18.3 Å². The van der Waals surface area contributed by atoms with Gasteiger partial charge in [0.05, 0.1) is 17.2 Å². The van der Waals surface area contributed by atoms with Gasteiger partial charge in [0.25, 0.3) is 0 Å². The number of aryl methyl sites for hydroxylation is 1. The second kappa shape index (κ2) is 5.83. The van der Waals surface area contributed by atoms with E-state index in [0.29, 0.717) is 24.9 Å². The molecule has 0 aromatic heterocycles. The van der Waals surface area contributed by atoms with E-state index in [9.17, 15) is 18.3 Å². The summed E-state index contributed by atoms with van der Waals surface area (Å²) in [6.07, 6.45) is 1.37. The third-order valence-electron chi connectivity index (χ3n) is 3.57. The van der Waals surface area contributed by atoms with E-state index in [2.05, 4.69) is 5.32 Å². The van der Waals surface area contributed by atoms with Gasteiger partial charge in [-0.3, -0.25) is 4.79 Å². The molecule has 5 nitrogen and oxygen atoms in total. The number of amides is 1. The number of phenols is 1. The highest BCUT2D eigenvalue weighted by Gasteiger charge is 2.25. The van der Waals surface area contributed by atoms with E-state index in [4.69, 9.17) is 0 Å². The van der Waals surface area contributed by atoms with Gasteiger partial charge in [-0.05, 0) is 43.4 Å². The van der Waals surface area contributed by atoms with Gasteiger partial charge in [-0.15, -0.1) is 0 Å². The van der Waals surface area contributed by atoms with E-state index < -0.39 is 9.84 Å². The molecule has 0 saturated carbocycles. The first-order valence-electron chi connectivity index (χ1n) is 6.65. The molecule has 1 amide bonds. The summed E-state index contributed by atoms with van der Waals surface area (Å²) >= 11 is 0. The number of anilines is 1. The molecule has 6 heteroatoms. The van der Waals surface area contributed by atoms with Crippen LogP contribution in [0, 0.1) is 12.8 Å². The lowest BCUT2D eigenvalue weighted by Crippen LogP contribution is -2.26. The van der Waals surface area contributed by atoms with Crippen molar-refractivity contribution in [3.8, 4) is 5.75 Å². The first kappa shape index (κ1) is 14.8. The predicted molar refractivity (Wildman–Crippen MR) is 77.5 cm³/mol. The molecule has 110 valence electrons. The van der Waals surface area contributed by atoms with Crippen LogP contribution >= 0.6 is 0 Å². The lowest BCUT2D eigenvalue weighted by Gasteiger charge is -2.21. The third kappa shape index (κ3) is 3.96. The highest BCUT2D eigenvalue weighted by Crippen LogP contribution is 2.26. The minimum atomic E-state index is -2.89. The summed E-state index contributed by atoms with van der Waals surface area (Å²) in [5.74, 6) is 0.289. The fourth-order valence-corrected chi connectivity index (χ4v) is 3.95. The number of hydrogen-bond donors (Lipinski definition) is 2. The van der Waals surface area contributed by atoms with Gasteiger partial charge < -0.3 is 10.4 Å². The molecule has 1 aliphatic heterocycles. The van der Waals surface area contributed by atoms with E-state index in [0.717, 1.165) is 5.56 Å². The fraction of sp³-hybridized carbons (Fsp3) is 0.500. The van der Waals surface area contributed by atoms with Crippen LogP contribution in [-0.4, -0.2) is 30.9 Å². The Balaban J connectivity index is 1.91. The van der Waals surface area contributed by atoms with Gasteiger partial charge in [-0.2, -0.15) is 0 Å². The summed E-state index contributed by atoms with van der Waals surface area (Å²) in [7, 11) is -2.89. The first-order valence-corrected chi connectivity index (χ1v) is 8.48. The third-order valence-corrected chi connectivity index (χ3v) is 5.29. The van der Waals surface area contributed by atoms with Crippen LogP contribution in [0.5, 0.6) is 5.75 Å². The monoisotopic (exact) mass is 297 g/mol. The predicted octanol–water partition coefficient (Wildman–Crippen LogP) is 1.85. The molecule has 0 spiro atoms. The molecule has 1 fully saturated rings. The maximum Gasteiger partial charge on any atom is 0.224 e. The number of benzene rings is 1. The van der Waals surface area contributed by atoms with Crippen molar-refractivity contribution in [2.45, 2.75) is 26.2 Å². The van der Waals surface area contributed by atoms with E-state index in [1.54, 1.807) is 12.1 Å². The number of carbonyl (C=O) groups is 1. The molecule has 0 unspecified atom stereocenters. The number of rotatable bonds is 3. The van der Waals surface area contributed by atoms with Crippen molar-refractivity contribution in [2.75, 3.05) is 16.8 Å². The Bertz CT molecular complexity index is 596. The van der Waals surface area contributed by atoms with Crippen molar-refractivity contribution in [2.24, 2.45) is 5.92 Å². The molecule has 2 rings (SSSR count). The average molecular weight is 297 g/mol. The van der Waals surface area contributed by atoms with Gasteiger partial charge >= 0.3 is 0 Å². The molecule has 1 heterocycles. The van der Waals surface area contributed by atoms with Gasteiger partial charge in [0, 0.05) is 6.42 Å². The molecular formula is C14H19NO4S. The second-order valence-corrected chi connectivity index (χ2v) is 7.67. The van der Waals surface area contributed by atoms with Crippen LogP contribution in [-0.2, 0) is 14.6 Å². The zero-order chi connectivity index (χ0) is 14.8. The average Bonchev–Trinajstić information content (AvgIpc) is 2.36. The van der Waals surface area contributed by atoms with Crippen molar-refractivity contribution in [3.63, 3.8) is 0 Å². The van der Waals surface area contributed by atoms with Crippen molar-refractivity contribution in [1.82, 2.24) is 0 Å². The Hall–Kier alpha value is -1.56. The van der Waals surface area contributed by atoms with E-state index in [-0.39, 0.29) is 29.1 Å². The molecule has 1 saturated heterocycles. The van der Waals surface area contributed by atoms with Crippen molar-refractivity contribution in [3.05, 3.63) is 23.8 Å². The summed E-state index contributed by atoms with van der Waals surface area (Å²) in [5.41, 5.74) is 1.35. The van der Waals surface area contributed by atoms with Gasteiger partial charge in [0.1, 0.15) is 15.6 Å². The van der Waals surface area contributed by atoms with Gasteiger partial charge in [0.2, 0.25) is 5.91 Å². The van der Waals surface area contributed by atoms with Gasteiger partial charge in [-0.25, -0.2) is 8.42 Å². The highest BCUT2D eigenvalue weighted by atomic mass is 32.2. The summed E-state index contributed by atoms with van der Waals surface area (Å²) in [6.45, 7) is 1.88. The Kier molecular flexibility index (Phi) is 4.32. The maximum atomic E-state index is 11.9. The van der Waals surface area contributed by atoms with E-state index in [1.807, 2.05) is 6.92 Å². The van der Waals surface area contributed by atoms with Crippen LogP contribution in [0.1, 0.15) is 24.8 Å². The zero-order valence-electron chi connectivity index (χ0n) is 11.4. The Morgan fingerprint density at radius 1 is 1.35 bits per heavy atom. The fourth-order valence-electron chi connectivity index (χ4n) is 2.36. The number of nitrogens with one attached hydrogen (secondary N) is 1. The van der Waals surface area contributed by atoms with Crippen LogP contribution in [0.15, 0.2) is 18.2 Å². The number of sulfone groups is 1. The summed E-state index contributed by atoms with van der Waals surface area (Å²) in [6, 6.07) is 5.01. The molecule has 0 radical (unpaired) electrons. The van der Waals surface area contributed by atoms with Gasteiger partial charge in [0.15, 0.2) is 0 Å². The van der Waals surface area contributed by atoms with E-state index in [1.165, 1.54) is 6.07 Å². The topological polar surface area (TPSA) is 83.5 Å². The molecule has 1 aromatic carbocycles. The molecule has 0 aliphatic carbocycles. The molecule has 0 bridgehead atoms. The lowest BCUT2D eigenvalue weighted by atomic mass is 9.98. The SMILES string of the molecule is Cc1ccc(O)c(NC(=O)CC2CCS(=O)(=O)CC2)c1. The molecular weight excluding hydrogens is 278 g/mol. The highest BCUT2D eigenvalue weighted by molar-refractivity contribution is 7.91. The zero-order valence-corrected chi connectivity index (χ0v) is 12.2. The molecule has 1 aromatic rings. The van der Waals surface area contributed by atoms with Crippen LogP contribution < -0.4 is 5.32 Å². The van der Waals surface area contributed by atoms with Crippen molar-refractivity contribution in [1.29, 1.82) is 0 Å². The van der Waals surface area contributed by atoms with E-state index >= 15 is 0 Å². The quantitative estimate of drug-likeness (QED) is 0.834. The largest absolute Gasteiger partial charge is 0.506 e. The number of carbonyl (C=O) groups excluding carboxylic acids is 1. The van der Waals surface area contributed by atoms with Crippen LogP contribution in [0.4, 0.5) is 5.69 Å². The molecule has 1 aliphatic rings. The van der Waals surface area contributed by atoms with Crippen molar-refractivity contribution >= 4 is 21.4 Å². The minimum absolute atomic E-state index is 0.0372. The summed E-state index contributed by atoms with van der Waals surface area (Å²) in [4.78, 5) is 11.9. The molecule has 2 N–H and O–H groups in total. The van der Waals surface area contributed by atoms with Gasteiger partial charge in [-0.1, -0.05) is 6.07 Å². The standard InChI is InChI=1S/C14H19NO4S/c1-10-2-3-13(16)12(8-10)15-14(17)9-11-4-6-20(18,19)7-5-11/h2-3,8,11,16H,4-7,9H2,1H3,(H,15,17). The Morgan fingerprint density at radius 2 is 2.00 bits per heavy atom. The Morgan fingerprint density at radius 3 is 2.65 bits per heavy atom. The lowest BCUT2D eigenvalue weighted by molar-refractivity contribution is -0.117. The molecule has 0 atom stereocenters. The number of phenolic OH excluding ortho intramolecular Hbond substituents is 1. The second-order valence-electron chi connectivity index (χ2n) is 5.37. The maximum absolute atomic E-state index is 11.9. The first-order chi connectivity index (χ1) is 9.35. The number of hydrogen-bond acceptors (Lipinski definition) is 4. The van der Waals surface area contributed by atoms with Crippen LogP contribution in [0.2, 0.25) is 0 Å². The van der Waals surface area contributed by atoms with Crippen LogP contribution in [0.25, 0.3) is 0 Å². The smallest absolute Gasteiger partial charge is 0.224 e. The van der Waals surface area contributed by atoms with Crippen LogP contribution in [0.3, 0.4) is 0 Å². The Labute approximate surface area is 118 Å². The summed E-state index contributed by atoms with van der Waals surface area (Å²) in [5, 5.41) is 12.3.